The number of sulfonamides is 1. The molecule has 1 aliphatic heterocycles. The molecule has 7 heteroatoms. The zero-order chi connectivity index (χ0) is 20.9. The minimum Gasteiger partial charge on any atom is -0.326 e. The second kappa shape index (κ2) is 9.52. The molecule has 29 heavy (non-hydrogen) atoms. The van der Waals surface area contributed by atoms with E-state index in [-0.39, 0.29) is 10.8 Å². The fourth-order valence-corrected chi connectivity index (χ4v) is 4.87. The highest BCUT2D eigenvalue weighted by Crippen LogP contribution is 2.21. The summed E-state index contributed by atoms with van der Waals surface area (Å²) in [7, 11) is -3.56. The van der Waals surface area contributed by atoms with Crippen molar-refractivity contribution in [2.45, 2.75) is 31.6 Å². The molecule has 156 valence electrons. The number of carbonyl (C=O) groups excluding carboxylic acids is 1. The summed E-state index contributed by atoms with van der Waals surface area (Å²) in [4.78, 5) is 14.8. The highest BCUT2D eigenvalue weighted by atomic mass is 32.2. The van der Waals surface area contributed by atoms with Gasteiger partial charge in [-0.05, 0) is 43.7 Å². The van der Waals surface area contributed by atoms with Gasteiger partial charge in [0.1, 0.15) is 0 Å². The minimum atomic E-state index is -3.56. The Labute approximate surface area is 173 Å². The van der Waals surface area contributed by atoms with Crippen molar-refractivity contribution in [3.8, 4) is 0 Å². The predicted octanol–water partition coefficient (Wildman–Crippen LogP) is 2.89. The molecule has 0 atom stereocenters. The number of rotatable bonds is 7. The van der Waals surface area contributed by atoms with Gasteiger partial charge in [0.25, 0.3) is 0 Å². The Balaban J connectivity index is 1.61. The number of nitrogens with zero attached hydrogens (tertiary/aromatic N) is 2. The molecule has 2 aromatic rings. The number of hydrogen-bond donors (Lipinski definition) is 1. The molecule has 1 fully saturated rings. The number of carbonyl (C=O) groups is 1. The third-order valence-corrected chi connectivity index (χ3v) is 7.19. The number of anilines is 1. The lowest BCUT2D eigenvalue weighted by Gasteiger charge is -2.33. The SMILES string of the molecule is CCN1CCN(S(=O)(=O)c2cccc(NC(=O)CCc3ccc(C)cc3)c2)CC1. The zero-order valence-electron chi connectivity index (χ0n) is 17.1. The third-order valence-electron chi connectivity index (χ3n) is 5.30. The van der Waals surface area contributed by atoms with Crippen LogP contribution in [0.15, 0.2) is 53.4 Å². The Morgan fingerprint density at radius 2 is 1.72 bits per heavy atom. The van der Waals surface area contributed by atoms with Crippen LogP contribution in [-0.4, -0.2) is 56.3 Å². The summed E-state index contributed by atoms with van der Waals surface area (Å²) in [6.07, 6.45) is 0.991. The van der Waals surface area contributed by atoms with Crippen molar-refractivity contribution in [3.05, 3.63) is 59.7 Å². The smallest absolute Gasteiger partial charge is 0.243 e. The highest BCUT2D eigenvalue weighted by Gasteiger charge is 2.28. The molecule has 1 amide bonds. The summed E-state index contributed by atoms with van der Waals surface area (Å²) >= 11 is 0. The number of piperazine rings is 1. The number of likely N-dealkylation sites (N-methyl/N-ethyl adjacent to an activating group) is 1. The van der Waals surface area contributed by atoms with Crippen LogP contribution in [0.2, 0.25) is 0 Å². The molecule has 0 aliphatic carbocycles. The Kier molecular flexibility index (Phi) is 7.05. The molecule has 1 heterocycles. The summed E-state index contributed by atoms with van der Waals surface area (Å²) in [6, 6.07) is 14.6. The van der Waals surface area contributed by atoms with E-state index >= 15 is 0 Å². The number of amides is 1. The maximum atomic E-state index is 13.0. The van der Waals surface area contributed by atoms with E-state index in [2.05, 4.69) is 17.1 Å². The number of nitrogens with one attached hydrogen (secondary N) is 1. The van der Waals surface area contributed by atoms with Gasteiger partial charge in [-0.25, -0.2) is 8.42 Å². The largest absolute Gasteiger partial charge is 0.326 e. The molecule has 2 aromatic carbocycles. The van der Waals surface area contributed by atoms with Gasteiger partial charge in [-0.15, -0.1) is 0 Å². The van der Waals surface area contributed by atoms with Crippen LogP contribution >= 0.6 is 0 Å². The van der Waals surface area contributed by atoms with Crippen molar-refractivity contribution in [3.63, 3.8) is 0 Å². The van der Waals surface area contributed by atoms with E-state index in [1.165, 1.54) is 9.87 Å². The topological polar surface area (TPSA) is 69.7 Å². The summed E-state index contributed by atoms with van der Waals surface area (Å²) in [5.41, 5.74) is 2.80. The van der Waals surface area contributed by atoms with Crippen LogP contribution in [0.25, 0.3) is 0 Å². The minimum absolute atomic E-state index is 0.128. The average molecular weight is 416 g/mol. The summed E-state index contributed by atoms with van der Waals surface area (Å²) < 4.78 is 27.4. The van der Waals surface area contributed by atoms with Gasteiger partial charge in [0.2, 0.25) is 15.9 Å². The fraction of sp³-hybridized carbons (Fsp3) is 0.409. The molecule has 1 N–H and O–H groups in total. The molecule has 0 radical (unpaired) electrons. The molecule has 6 nitrogen and oxygen atoms in total. The predicted molar refractivity (Wildman–Crippen MR) is 115 cm³/mol. The van der Waals surface area contributed by atoms with Crippen molar-refractivity contribution < 1.29 is 13.2 Å². The van der Waals surface area contributed by atoms with Gasteiger partial charge in [0.05, 0.1) is 4.90 Å². The van der Waals surface area contributed by atoms with Gasteiger partial charge in [0.15, 0.2) is 0 Å². The van der Waals surface area contributed by atoms with Crippen LogP contribution in [0, 0.1) is 6.92 Å². The first-order valence-corrected chi connectivity index (χ1v) is 11.5. The Bertz CT molecular complexity index is 934. The molecule has 0 unspecified atom stereocenters. The summed E-state index contributed by atoms with van der Waals surface area (Å²) in [5, 5.41) is 2.83. The van der Waals surface area contributed by atoms with Gasteiger partial charge in [-0.2, -0.15) is 4.31 Å². The average Bonchev–Trinajstić information content (AvgIpc) is 2.73. The third kappa shape index (κ3) is 5.65. The Morgan fingerprint density at radius 1 is 1.03 bits per heavy atom. The maximum Gasteiger partial charge on any atom is 0.243 e. The van der Waals surface area contributed by atoms with E-state index in [0.29, 0.717) is 31.6 Å². The van der Waals surface area contributed by atoms with Gasteiger partial charge < -0.3 is 10.2 Å². The molecule has 1 aliphatic rings. The first kappa shape index (κ1) is 21.5. The van der Waals surface area contributed by atoms with Gasteiger partial charge in [-0.1, -0.05) is 42.8 Å². The van der Waals surface area contributed by atoms with Crippen molar-refractivity contribution in [1.82, 2.24) is 9.21 Å². The summed E-state index contributed by atoms with van der Waals surface area (Å²) in [5.74, 6) is -0.128. The number of hydrogen-bond acceptors (Lipinski definition) is 4. The van der Waals surface area contributed by atoms with E-state index in [9.17, 15) is 13.2 Å². The van der Waals surface area contributed by atoms with Crippen LogP contribution in [0.5, 0.6) is 0 Å². The van der Waals surface area contributed by atoms with Crippen LogP contribution in [0.4, 0.5) is 5.69 Å². The molecule has 1 saturated heterocycles. The summed E-state index contributed by atoms with van der Waals surface area (Å²) in [6.45, 7) is 7.50. The quantitative estimate of drug-likeness (QED) is 0.755. The van der Waals surface area contributed by atoms with E-state index in [4.69, 9.17) is 0 Å². The molecular formula is C22H29N3O3S. The van der Waals surface area contributed by atoms with E-state index in [1.54, 1.807) is 24.3 Å². The monoisotopic (exact) mass is 415 g/mol. The maximum absolute atomic E-state index is 13.0. The van der Waals surface area contributed by atoms with Crippen LogP contribution in [-0.2, 0) is 21.2 Å². The van der Waals surface area contributed by atoms with E-state index < -0.39 is 10.0 Å². The Morgan fingerprint density at radius 3 is 2.38 bits per heavy atom. The van der Waals surface area contributed by atoms with Crippen molar-refractivity contribution in [2.24, 2.45) is 0 Å². The zero-order valence-corrected chi connectivity index (χ0v) is 17.9. The van der Waals surface area contributed by atoms with Gasteiger partial charge >= 0.3 is 0 Å². The van der Waals surface area contributed by atoms with Crippen LogP contribution in [0.1, 0.15) is 24.5 Å². The van der Waals surface area contributed by atoms with Crippen molar-refractivity contribution >= 4 is 21.6 Å². The van der Waals surface area contributed by atoms with E-state index in [1.807, 2.05) is 31.2 Å². The normalized spacial score (nSPS) is 15.9. The van der Waals surface area contributed by atoms with Crippen LogP contribution < -0.4 is 5.32 Å². The highest BCUT2D eigenvalue weighted by molar-refractivity contribution is 7.89. The second-order valence-electron chi connectivity index (χ2n) is 7.40. The second-order valence-corrected chi connectivity index (χ2v) is 9.34. The Hall–Kier alpha value is -2.22. The standard InChI is InChI=1S/C22H29N3O3S/c1-3-24-13-15-25(16-14-24)29(27,28)21-6-4-5-20(17-21)23-22(26)12-11-19-9-7-18(2)8-10-19/h4-10,17H,3,11-16H2,1-2H3,(H,23,26). The fourth-order valence-electron chi connectivity index (χ4n) is 3.41. The molecular weight excluding hydrogens is 386 g/mol. The molecule has 0 saturated carbocycles. The molecule has 0 spiro atoms. The van der Waals surface area contributed by atoms with Gasteiger partial charge in [-0.3, -0.25) is 4.79 Å². The van der Waals surface area contributed by atoms with Crippen LogP contribution in [0.3, 0.4) is 0 Å². The molecule has 0 aromatic heterocycles. The van der Waals surface area contributed by atoms with Crippen molar-refractivity contribution in [1.29, 1.82) is 0 Å². The van der Waals surface area contributed by atoms with E-state index in [0.717, 1.165) is 25.2 Å². The first-order valence-electron chi connectivity index (χ1n) is 10.1. The number of benzene rings is 2. The van der Waals surface area contributed by atoms with Crippen molar-refractivity contribution in [2.75, 3.05) is 38.0 Å². The van der Waals surface area contributed by atoms with Gasteiger partial charge in [0, 0.05) is 38.3 Å². The lowest BCUT2D eigenvalue weighted by atomic mass is 10.1. The first-order chi connectivity index (χ1) is 13.9. The molecule has 0 bridgehead atoms. The lowest BCUT2D eigenvalue weighted by molar-refractivity contribution is -0.116. The molecule has 3 rings (SSSR count). The lowest BCUT2D eigenvalue weighted by Crippen LogP contribution is -2.48. The number of aryl methyl sites for hydroxylation is 2.